The molecule has 1 atom stereocenters. The highest BCUT2D eigenvalue weighted by Crippen LogP contribution is 2.57. The highest BCUT2D eigenvalue weighted by Gasteiger charge is 2.46. The number of hydrogen-bond acceptors (Lipinski definition) is 1. The van der Waals surface area contributed by atoms with E-state index in [-0.39, 0.29) is 6.04 Å². The van der Waals surface area contributed by atoms with E-state index in [1.807, 2.05) is 0 Å². The van der Waals surface area contributed by atoms with Crippen molar-refractivity contribution in [3.63, 3.8) is 0 Å². The van der Waals surface area contributed by atoms with E-state index in [1.165, 1.54) is 88.6 Å². The predicted octanol–water partition coefficient (Wildman–Crippen LogP) is 13.8. The van der Waals surface area contributed by atoms with Gasteiger partial charge in [-0.15, -0.1) is 0 Å². The van der Waals surface area contributed by atoms with Gasteiger partial charge in [0.05, 0.1) is 11.5 Å². The molecule has 0 aliphatic heterocycles. The van der Waals surface area contributed by atoms with Gasteiger partial charge in [-0.3, -0.25) is 0 Å². The molecule has 9 aromatic rings. The Morgan fingerprint density at radius 2 is 0.929 bits per heavy atom. The summed E-state index contributed by atoms with van der Waals surface area (Å²) in [7, 11) is 0. The highest BCUT2D eigenvalue weighted by atomic mass is 15.2. The Morgan fingerprint density at radius 3 is 1.62 bits per heavy atom. The van der Waals surface area contributed by atoms with E-state index in [0.717, 1.165) is 6.42 Å². The third-order valence-electron chi connectivity index (χ3n) is 12.3. The lowest BCUT2D eigenvalue weighted by Gasteiger charge is -2.37. The Hall–Kier alpha value is -6.96. The molecule has 0 fully saturated rings. The second kappa shape index (κ2) is 13.1. The molecule has 1 unspecified atom stereocenters. The van der Waals surface area contributed by atoms with Crippen LogP contribution in [0.4, 0.5) is 11.4 Å². The van der Waals surface area contributed by atoms with Crippen LogP contribution in [0.5, 0.6) is 0 Å². The van der Waals surface area contributed by atoms with Crippen molar-refractivity contribution >= 4 is 39.0 Å². The minimum atomic E-state index is -0.475. The number of benzene rings is 9. The van der Waals surface area contributed by atoms with Crippen LogP contribution in [0.3, 0.4) is 0 Å². The maximum absolute atomic E-state index is 2.59. The Kier molecular flexibility index (Phi) is 7.60. The number of fused-ring (bicyclic) bond motifs is 9. The van der Waals surface area contributed by atoms with Gasteiger partial charge < -0.3 is 4.90 Å². The zero-order valence-corrected chi connectivity index (χ0v) is 31.0. The SMILES string of the molecule is C1=CC(N(c2ccc(-c3ccccc3)cc2)c2ccc3c(c2)C(c2ccccc2)(c2ccccc2)c2ccccc2-3)Cc2c1c1ccccc1c1ccccc21. The van der Waals surface area contributed by atoms with Gasteiger partial charge in [0.1, 0.15) is 0 Å². The van der Waals surface area contributed by atoms with Gasteiger partial charge in [-0.2, -0.15) is 0 Å². The van der Waals surface area contributed by atoms with E-state index in [4.69, 9.17) is 0 Å². The normalized spacial score (nSPS) is 15.0. The second-order valence-corrected chi connectivity index (χ2v) is 15.2. The number of anilines is 2. The summed E-state index contributed by atoms with van der Waals surface area (Å²) in [6.07, 6.45) is 5.72. The maximum Gasteiger partial charge on any atom is 0.0714 e. The van der Waals surface area contributed by atoms with Gasteiger partial charge >= 0.3 is 0 Å². The molecule has 0 saturated carbocycles. The van der Waals surface area contributed by atoms with Gasteiger partial charge in [-0.05, 0) is 108 Å². The molecule has 0 spiro atoms. The quantitative estimate of drug-likeness (QED) is 0.155. The summed E-state index contributed by atoms with van der Waals surface area (Å²) >= 11 is 0. The van der Waals surface area contributed by atoms with Crippen LogP contribution < -0.4 is 4.90 Å². The van der Waals surface area contributed by atoms with Crippen molar-refractivity contribution in [1.82, 2.24) is 0 Å². The summed E-state index contributed by atoms with van der Waals surface area (Å²) in [5.74, 6) is 0. The lowest BCUT2D eigenvalue weighted by molar-refractivity contribution is 0.756. The van der Waals surface area contributed by atoms with E-state index in [0.29, 0.717) is 0 Å². The van der Waals surface area contributed by atoms with Crippen molar-refractivity contribution < 1.29 is 0 Å². The average molecular weight is 714 g/mol. The summed E-state index contributed by atoms with van der Waals surface area (Å²) in [4.78, 5) is 2.59. The van der Waals surface area contributed by atoms with Gasteiger partial charge in [0.25, 0.3) is 0 Å². The van der Waals surface area contributed by atoms with Crippen molar-refractivity contribution in [2.24, 2.45) is 0 Å². The molecule has 2 aliphatic rings. The number of rotatable bonds is 6. The molecule has 9 aromatic carbocycles. The molecule has 56 heavy (non-hydrogen) atoms. The summed E-state index contributed by atoms with van der Waals surface area (Å²) < 4.78 is 0. The van der Waals surface area contributed by atoms with Crippen molar-refractivity contribution in [2.45, 2.75) is 17.9 Å². The standard InChI is InChI=1S/C55H39N/c1-4-16-38(17-5-1)39-28-30-42(31-29-39)56(43-32-34-49-47-24-11-10-22-45(47)46-23-12-13-25-48(46)52(49)36-43)44-33-35-51-50-26-14-15-27-53(50)55(54(51)37-44,40-18-6-2-7-19-40)41-20-8-3-9-21-41/h1-35,37,43H,36H2. The minimum Gasteiger partial charge on any atom is -0.334 e. The predicted molar refractivity (Wildman–Crippen MR) is 236 cm³/mol. The average Bonchev–Trinajstić information content (AvgIpc) is 3.58. The zero-order valence-electron chi connectivity index (χ0n) is 31.0. The number of nitrogens with zero attached hydrogens (tertiary/aromatic N) is 1. The first-order chi connectivity index (χ1) is 27.8. The monoisotopic (exact) mass is 713 g/mol. The molecule has 1 nitrogen and oxygen atoms in total. The molecule has 0 bridgehead atoms. The fraction of sp³-hybridized carbons (Fsp3) is 0.0545. The molecule has 0 saturated heterocycles. The summed E-state index contributed by atoms with van der Waals surface area (Å²) in [5.41, 5.74) is 14.9. The molecule has 11 rings (SSSR count). The largest absolute Gasteiger partial charge is 0.334 e. The first kappa shape index (κ1) is 32.5. The van der Waals surface area contributed by atoms with Crippen LogP contribution in [0.2, 0.25) is 0 Å². The van der Waals surface area contributed by atoms with Crippen LogP contribution in [0, 0.1) is 0 Å². The fourth-order valence-corrected chi connectivity index (χ4v) is 9.87. The highest BCUT2D eigenvalue weighted by molar-refractivity contribution is 6.13. The summed E-state index contributed by atoms with van der Waals surface area (Å²) in [6.45, 7) is 0. The Bertz CT molecular complexity index is 2890. The van der Waals surface area contributed by atoms with Crippen molar-refractivity contribution in [2.75, 3.05) is 4.90 Å². The molecule has 0 N–H and O–H groups in total. The Labute approximate surface area is 328 Å². The molecule has 264 valence electrons. The van der Waals surface area contributed by atoms with Gasteiger partial charge in [-0.1, -0.05) is 194 Å². The lowest BCUT2D eigenvalue weighted by atomic mass is 9.67. The maximum atomic E-state index is 2.59. The van der Waals surface area contributed by atoms with Crippen LogP contribution in [-0.4, -0.2) is 6.04 Å². The first-order valence-electron chi connectivity index (χ1n) is 19.7. The second-order valence-electron chi connectivity index (χ2n) is 15.2. The van der Waals surface area contributed by atoms with Crippen LogP contribution >= 0.6 is 0 Å². The van der Waals surface area contributed by atoms with E-state index in [2.05, 4.69) is 223 Å². The van der Waals surface area contributed by atoms with Crippen LogP contribution in [0.15, 0.2) is 212 Å². The molecule has 0 aromatic heterocycles. The van der Waals surface area contributed by atoms with Crippen molar-refractivity contribution in [1.29, 1.82) is 0 Å². The molecule has 1 heteroatoms. The molecule has 2 aliphatic carbocycles. The fourth-order valence-electron chi connectivity index (χ4n) is 9.87. The topological polar surface area (TPSA) is 3.24 Å². The Balaban J connectivity index is 1.13. The lowest BCUT2D eigenvalue weighted by Crippen LogP contribution is -2.34. The first-order valence-corrected chi connectivity index (χ1v) is 19.7. The van der Waals surface area contributed by atoms with E-state index in [9.17, 15) is 0 Å². The Morgan fingerprint density at radius 1 is 0.411 bits per heavy atom. The third-order valence-corrected chi connectivity index (χ3v) is 12.3. The third kappa shape index (κ3) is 4.94. The van der Waals surface area contributed by atoms with Gasteiger partial charge in [0.2, 0.25) is 0 Å². The molecule has 0 amide bonds. The van der Waals surface area contributed by atoms with Crippen molar-refractivity contribution in [3.05, 3.63) is 246 Å². The van der Waals surface area contributed by atoms with Gasteiger partial charge in [0.15, 0.2) is 0 Å². The summed E-state index contributed by atoms with van der Waals surface area (Å²) in [5, 5.41) is 5.29. The van der Waals surface area contributed by atoms with Gasteiger partial charge in [-0.25, -0.2) is 0 Å². The van der Waals surface area contributed by atoms with Crippen LogP contribution in [0.1, 0.15) is 33.4 Å². The van der Waals surface area contributed by atoms with E-state index >= 15 is 0 Å². The van der Waals surface area contributed by atoms with Crippen LogP contribution in [0.25, 0.3) is 49.9 Å². The van der Waals surface area contributed by atoms with Gasteiger partial charge in [0, 0.05) is 11.4 Å². The number of hydrogen-bond donors (Lipinski definition) is 0. The zero-order chi connectivity index (χ0) is 37.1. The van der Waals surface area contributed by atoms with E-state index in [1.54, 1.807) is 0 Å². The molecule has 0 radical (unpaired) electrons. The van der Waals surface area contributed by atoms with E-state index < -0.39 is 5.41 Å². The molecule has 0 heterocycles. The summed E-state index contributed by atoms with van der Waals surface area (Å²) in [6, 6.07) is 76.3. The smallest absolute Gasteiger partial charge is 0.0714 e. The minimum absolute atomic E-state index is 0.0827. The van der Waals surface area contributed by atoms with Crippen LogP contribution in [-0.2, 0) is 11.8 Å². The van der Waals surface area contributed by atoms with Crippen molar-refractivity contribution in [3.8, 4) is 22.3 Å². The molecular formula is C55H39N. The molecular weight excluding hydrogens is 675 g/mol.